The molecule has 1 heterocycles. The number of nitrogens with one attached hydrogen (secondary N) is 1. The maximum atomic E-state index is 12.8. The van der Waals surface area contributed by atoms with Crippen LogP contribution in [0.1, 0.15) is 18.0 Å². The Morgan fingerprint density at radius 2 is 1.45 bits per heavy atom. The summed E-state index contributed by atoms with van der Waals surface area (Å²) < 4.78 is 28.2. The van der Waals surface area contributed by atoms with E-state index in [1.165, 1.54) is 18.2 Å². The zero-order valence-electron chi connectivity index (χ0n) is 16.8. The first kappa shape index (κ1) is 24.6. The third kappa shape index (κ3) is 5.60. The molecule has 0 spiro atoms. The monoisotopic (exact) mass is 561 g/mol. The van der Waals surface area contributed by atoms with E-state index in [1.54, 1.807) is 35.3 Å². The molecule has 0 saturated heterocycles. The lowest BCUT2D eigenvalue weighted by Crippen LogP contribution is -2.29. The van der Waals surface area contributed by atoms with Crippen LogP contribution in [0.2, 0.25) is 25.1 Å². The third-order valence-corrected chi connectivity index (χ3v) is 7.94. The maximum absolute atomic E-state index is 12.8. The van der Waals surface area contributed by atoms with Gasteiger partial charge in [-0.3, -0.25) is 5.01 Å². The van der Waals surface area contributed by atoms with Gasteiger partial charge in [0.2, 0.25) is 10.0 Å². The number of rotatable bonds is 6. The van der Waals surface area contributed by atoms with Crippen LogP contribution in [0.25, 0.3) is 0 Å². The summed E-state index contributed by atoms with van der Waals surface area (Å²) in [5.74, 6) is 0. The molecule has 3 aromatic carbocycles. The van der Waals surface area contributed by atoms with E-state index in [0.29, 0.717) is 37.9 Å². The Kier molecular flexibility index (Phi) is 7.46. The van der Waals surface area contributed by atoms with Crippen LogP contribution in [-0.4, -0.2) is 20.7 Å². The largest absolute Gasteiger partial charge is 0.256 e. The Morgan fingerprint density at radius 1 is 0.848 bits per heavy atom. The fourth-order valence-electron chi connectivity index (χ4n) is 3.46. The van der Waals surface area contributed by atoms with Gasteiger partial charge in [0.25, 0.3) is 0 Å². The highest BCUT2D eigenvalue weighted by Crippen LogP contribution is 2.39. The average Bonchev–Trinajstić information content (AvgIpc) is 3.16. The minimum absolute atomic E-state index is 0.00686. The van der Waals surface area contributed by atoms with Crippen molar-refractivity contribution in [3.63, 3.8) is 0 Å². The van der Waals surface area contributed by atoms with Crippen LogP contribution >= 0.6 is 58.0 Å². The lowest BCUT2D eigenvalue weighted by atomic mass is 10.0. The van der Waals surface area contributed by atoms with Crippen LogP contribution in [0.5, 0.6) is 0 Å². The zero-order valence-corrected chi connectivity index (χ0v) is 21.4. The first-order valence-electron chi connectivity index (χ1n) is 9.65. The maximum Gasteiger partial charge on any atom is 0.242 e. The third-order valence-electron chi connectivity index (χ3n) is 5.03. The lowest BCUT2D eigenvalue weighted by Gasteiger charge is -2.25. The van der Waals surface area contributed by atoms with Gasteiger partial charge in [0.05, 0.1) is 34.0 Å². The van der Waals surface area contributed by atoms with Gasteiger partial charge in [0.1, 0.15) is 4.90 Å². The van der Waals surface area contributed by atoms with Crippen molar-refractivity contribution in [2.45, 2.75) is 17.4 Å². The SMILES string of the molecule is O=S(=O)(NCC1=NN(c2ccc(Cl)cc2Cl)C(c2ccc(Cl)cc2)C1)c1ccc(Cl)cc1Cl. The second kappa shape index (κ2) is 10.0. The predicted octanol–water partition coefficient (Wildman–Crippen LogP) is 7.24. The molecule has 0 fully saturated rings. The number of hydrogen-bond donors (Lipinski definition) is 1. The second-order valence-electron chi connectivity index (χ2n) is 7.28. The molecule has 172 valence electrons. The molecular formula is C22H16Cl5N3O2S. The van der Waals surface area contributed by atoms with Crippen LogP contribution in [0.3, 0.4) is 0 Å². The Bertz CT molecular complexity index is 1330. The standard InChI is InChI=1S/C22H16Cl5N3O2S/c23-14-3-1-13(2-4-14)21-11-17(29-30(21)20-7-5-15(24)9-18(20)26)12-28-33(31,32)22-8-6-16(25)10-19(22)27/h1-10,21,28H,11-12H2. The molecule has 1 atom stereocenters. The highest BCUT2D eigenvalue weighted by molar-refractivity contribution is 7.89. The van der Waals surface area contributed by atoms with E-state index in [-0.39, 0.29) is 22.5 Å². The summed E-state index contributed by atoms with van der Waals surface area (Å²) in [5.41, 5.74) is 2.22. The number of hydrogen-bond acceptors (Lipinski definition) is 4. The van der Waals surface area contributed by atoms with Gasteiger partial charge in [-0.25, -0.2) is 13.1 Å². The molecule has 0 aliphatic carbocycles. The summed E-state index contributed by atoms with van der Waals surface area (Å²) in [6, 6.07) is 16.5. The fourth-order valence-corrected chi connectivity index (χ4v) is 5.87. The van der Waals surface area contributed by atoms with Crippen LogP contribution in [-0.2, 0) is 10.0 Å². The van der Waals surface area contributed by atoms with E-state index in [2.05, 4.69) is 9.82 Å². The fraction of sp³-hybridized carbons (Fsp3) is 0.136. The van der Waals surface area contributed by atoms with E-state index in [0.717, 1.165) is 5.56 Å². The van der Waals surface area contributed by atoms with Crippen molar-refractivity contribution >= 4 is 79.4 Å². The molecule has 0 bridgehead atoms. The van der Waals surface area contributed by atoms with Gasteiger partial charge < -0.3 is 0 Å². The second-order valence-corrected chi connectivity index (χ2v) is 11.1. The highest BCUT2D eigenvalue weighted by Gasteiger charge is 2.31. The van der Waals surface area contributed by atoms with Crippen molar-refractivity contribution in [1.82, 2.24) is 4.72 Å². The lowest BCUT2D eigenvalue weighted by molar-refractivity contribution is 0.586. The number of anilines is 1. The number of halogens is 5. The van der Waals surface area contributed by atoms with Gasteiger partial charge in [-0.05, 0) is 54.1 Å². The average molecular weight is 564 g/mol. The Labute approximate surface area is 216 Å². The van der Waals surface area contributed by atoms with E-state index < -0.39 is 10.0 Å². The molecule has 0 radical (unpaired) electrons. The molecule has 1 aliphatic heterocycles. The number of nitrogens with zero attached hydrogens (tertiary/aromatic N) is 2. The number of sulfonamides is 1. The summed E-state index contributed by atoms with van der Waals surface area (Å²) in [5, 5.41) is 8.37. The van der Waals surface area contributed by atoms with Crippen molar-refractivity contribution in [3.05, 3.63) is 91.3 Å². The van der Waals surface area contributed by atoms with Crippen molar-refractivity contribution in [2.75, 3.05) is 11.6 Å². The first-order valence-corrected chi connectivity index (χ1v) is 13.0. The summed E-state index contributed by atoms with van der Waals surface area (Å²) in [4.78, 5) is -0.0565. The van der Waals surface area contributed by atoms with E-state index in [9.17, 15) is 8.42 Å². The minimum Gasteiger partial charge on any atom is -0.256 e. The smallest absolute Gasteiger partial charge is 0.242 e. The summed E-state index contributed by atoms with van der Waals surface area (Å²) in [7, 11) is -3.88. The molecule has 3 aromatic rings. The minimum atomic E-state index is -3.88. The van der Waals surface area contributed by atoms with Gasteiger partial charge >= 0.3 is 0 Å². The van der Waals surface area contributed by atoms with Gasteiger partial charge in [-0.15, -0.1) is 0 Å². The Hall–Kier alpha value is -1.51. The quantitative estimate of drug-likeness (QED) is 0.344. The van der Waals surface area contributed by atoms with Crippen LogP contribution < -0.4 is 9.73 Å². The van der Waals surface area contributed by atoms with Crippen molar-refractivity contribution in [2.24, 2.45) is 5.10 Å². The molecule has 0 saturated carbocycles. The number of benzene rings is 3. The van der Waals surface area contributed by atoms with Crippen LogP contribution in [0.4, 0.5) is 5.69 Å². The Balaban J connectivity index is 1.62. The molecule has 11 heteroatoms. The number of hydrazone groups is 1. The molecule has 1 unspecified atom stereocenters. The summed E-state index contributed by atoms with van der Waals surface area (Å²) in [6.07, 6.45) is 0.470. The summed E-state index contributed by atoms with van der Waals surface area (Å²) >= 11 is 30.5. The van der Waals surface area contributed by atoms with Gasteiger partial charge in [-0.2, -0.15) is 5.10 Å². The predicted molar refractivity (Wildman–Crippen MR) is 137 cm³/mol. The molecule has 4 rings (SSSR count). The van der Waals surface area contributed by atoms with Crippen molar-refractivity contribution < 1.29 is 8.42 Å². The molecule has 33 heavy (non-hydrogen) atoms. The molecule has 1 aliphatic rings. The van der Waals surface area contributed by atoms with Gasteiger partial charge in [0, 0.05) is 21.5 Å². The van der Waals surface area contributed by atoms with Crippen molar-refractivity contribution in [1.29, 1.82) is 0 Å². The Morgan fingerprint density at radius 3 is 2.09 bits per heavy atom. The molecule has 0 aromatic heterocycles. The summed E-state index contributed by atoms with van der Waals surface area (Å²) in [6.45, 7) is -0.00686. The molecular weight excluding hydrogens is 548 g/mol. The topological polar surface area (TPSA) is 61.8 Å². The zero-order chi connectivity index (χ0) is 23.8. The first-order chi connectivity index (χ1) is 15.6. The van der Waals surface area contributed by atoms with E-state index in [4.69, 9.17) is 58.0 Å². The van der Waals surface area contributed by atoms with Gasteiger partial charge in [0.15, 0.2) is 0 Å². The van der Waals surface area contributed by atoms with Crippen LogP contribution in [0, 0.1) is 0 Å². The van der Waals surface area contributed by atoms with E-state index >= 15 is 0 Å². The van der Waals surface area contributed by atoms with Crippen molar-refractivity contribution in [3.8, 4) is 0 Å². The van der Waals surface area contributed by atoms with E-state index in [1.807, 2.05) is 12.1 Å². The molecule has 0 amide bonds. The van der Waals surface area contributed by atoms with Crippen LogP contribution in [0.15, 0.2) is 70.7 Å². The van der Waals surface area contributed by atoms with Gasteiger partial charge in [-0.1, -0.05) is 70.1 Å². The normalized spacial score (nSPS) is 16.2. The molecule has 1 N–H and O–H groups in total. The highest BCUT2D eigenvalue weighted by atomic mass is 35.5. The molecule has 5 nitrogen and oxygen atoms in total.